The Morgan fingerprint density at radius 1 is 0.606 bits per heavy atom. The van der Waals surface area contributed by atoms with E-state index in [1.54, 1.807) is 0 Å². The average molecular weight is 956 g/mol. The Kier molecular flexibility index (Phi) is 35.5. The predicted molar refractivity (Wildman–Crippen MR) is 242 cm³/mol. The molecule has 66 heavy (non-hydrogen) atoms. The van der Waals surface area contributed by atoms with Gasteiger partial charge >= 0.3 is 36.2 Å². The van der Waals surface area contributed by atoms with Gasteiger partial charge in [-0.3, -0.25) is 14.4 Å². The maximum Gasteiger partial charge on any atom is 0.508 e. The summed E-state index contributed by atoms with van der Waals surface area (Å²) in [6.45, 7) is 9.88. The number of allylic oxidation sites excluding steroid dienone is 4. The normalized spacial score (nSPS) is 15.4. The van der Waals surface area contributed by atoms with Crippen molar-refractivity contribution in [3.05, 3.63) is 24.3 Å². The van der Waals surface area contributed by atoms with Gasteiger partial charge in [0.05, 0.1) is 25.6 Å². The molecular formula is C49H82F5NO11. The van der Waals surface area contributed by atoms with Gasteiger partial charge in [0.1, 0.15) is 19.8 Å². The molecule has 2 unspecified atom stereocenters. The fourth-order valence-corrected chi connectivity index (χ4v) is 6.97. The number of carbonyl (C=O) groups is 4. The fraction of sp³-hybridized carbons (Fsp3) is 0.837. The van der Waals surface area contributed by atoms with Gasteiger partial charge in [-0.2, -0.15) is 22.0 Å². The lowest BCUT2D eigenvalue weighted by Crippen LogP contribution is -2.37. The van der Waals surface area contributed by atoms with E-state index in [4.69, 9.17) is 33.2 Å². The number of piperidine rings is 1. The first-order chi connectivity index (χ1) is 31.7. The highest BCUT2D eigenvalue weighted by molar-refractivity contribution is 5.70. The third-order valence-electron chi connectivity index (χ3n) is 11.0. The molecule has 0 saturated carbocycles. The molecule has 0 aliphatic carbocycles. The molecule has 0 aromatic heterocycles. The first-order valence-electron chi connectivity index (χ1n) is 24.7. The summed E-state index contributed by atoms with van der Waals surface area (Å²) in [6.07, 6.45) is 13.6. The molecule has 12 nitrogen and oxygen atoms in total. The number of carbonyl (C=O) groups excluding carboxylic acids is 4. The van der Waals surface area contributed by atoms with Crippen molar-refractivity contribution in [2.45, 2.75) is 187 Å². The lowest BCUT2D eigenvalue weighted by atomic mass is 9.99. The van der Waals surface area contributed by atoms with Crippen molar-refractivity contribution >= 4 is 24.1 Å². The first-order valence-corrected chi connectivity index (χ1v) is 24.7. The highest BCUT2D eigenvalue weighted by Gasteiger charge is 2.56. The molecule has 1 aliphatic rings. The maximum absolute atomic E-state index is 13.0. The van der Waals surface area contributed by atoms with E-state index in [1.807, 2.05) is 0 Å². The molecule has 17 heteroatoms. The summed E-state index contributed by atoms with van der Waals surface area (Å²) in [5, 5.41) is 0. The van der Waals surface area contributed by atoms with Crippen LogP contribution in [0.1, 0.15) is 168 Å². The second-order valence-electron chi connectivity index (χ2n) is 17.0. The Morgan fingerprint density at radius 2 is 1.14 bits per heavy atom. The second kappa shape index (κ2) is 38.6. The minimum atomic E-state index is -5.55. The molecule has 1 fully saturated rings. The molecule has 1 aliphatic heterocycles. The van der Waals surface area contributed by atoms with Crippen molar-refractivity contribution in [2.24, 2.45) is 11.8 Å². The summed E-state index contributed by atoms with van der Waals surface area (Å²) < 4.78 is 102. The molecule has 1 saturated heterocycles. The smallest absolute Gasteiger partial charge is 0.466 e. The number of unbranched alkanes of at least 4 members (excludes halogenated alkanes) is 10. The molecule has 0 spiro atoms. The number of ether oxygens (including phenoxy) is 7. The summed E-state index contributed by atoms with van der Waals surface area (Å²) in [5.74, 6) is -6.54. The Hall–Kier alpha value is -3.31. The van der Waals surface area contributed by atoms with Crippen LogP contribution in [0.4, 0.5) is 26.7 Å². The van der Waals surface area contributed by atoms with Crippen molar-refractivity contribution in [2.75, 3.05) is 65.9 Å². The van der Waals surface area contributed by atoms with Crippen LogP contribution in [-0.4, -0.2) is 113 Å². The van der Waals surface area contributed by atoms with Gasteiger partial charge in [0, 0.05) is 51.4 Å². The Morgan fingerprint density at radius 3 is 1.71 bits per heavy atom. The van der Waals surface area contributed by atoms with Crippen LogP contribution in [0.3, 0.4) is 0 Å². The van der Waals surface area contributed by atoms with E-state index in [0.717, 1.165) is 83.8 Å². The van der Waals surface area contributed by atoms with Crippen LogP contribution in [0.2, 0.25) is 0 Å². The topological polar surface area (TPSA) is 136 Å². The van der Waals surface area contributed by atoms with E-state index in [9.17, 15) is 41.1 Å². The van der Waals surface area contributed by atoms with Gasteiger partial charge in [-0.1, -0.05) is 70.8 Å². The van der Waals surface area contributed by atoms with Gasteiger partial charge in [0.15, 0.2) is 6.29 Å². The van der Waals surface area contributed by atoms with Crippen LogP contribution in [0.15, 0.2) is 24.3 Å². The molecule has 0 aromatic rings. The number of esters is 3. The predicted octanol–water partition coefficient (Wildman–Crippen LogP) is 12.0. The maximum atomic E-state index is 13.0. The molecule has 0 aromatic carbocycles. The van der Waals surface area contributed by atoms with Crippen molar-refractivity contribution < 1.29 is 74.3 Å². The summed E-state index contributed by atoms with van der Waals surface area (Å²) in [5.41, 5.74) is 0. The molecule has 1 rings (SSSR count). The number of halogens is 5. The molecule has 0 radical (unpaired) electrons. The van der Waals surface area contributed by atoms with Gasteiger partial charge in [-0.05, 0) is 103 Å². The van der Waals surface area contributed by atoms with Gasteiger partial charge in [0.2, 0.25) is 0 Å². The lowest BCUT2D eigenvalue weighted by Gasteiger charge is -2.31. The minimum Gasteiger partial charge on any atom is -0.466 e. The SMILES string of the molecule is CC/C=C\CCCCOC(CCC(=O)OCC(COC(=O)CCCCCCC(=O)OCCCCCCC(F)(F)C(F)(F)F)COC(=O)OCC1CCCN(CC)C1)OCCCC/C=C\CC. The largest absolute Gasteiger partial charge is 0.508 e. The number of nitrogens with zero attached hydrogens (tertiary/aromatic N) is 1. The van der Waals surface area contributed by atoms with Gasteiger partial charge in [0.25, 0.3) is 0 Å². The molecule has 2 atom stereocenters. The van der Waals surface area contributed by atoms with Crippen molar-refractivity contribution in [1.82, 2.24) is 4.90 Å². The van der Waals surface area contributed by atoms with E-state index < -0.39 is 54.8 Å². The molecule has 0 bridgehead atoms. The Balaban J connectivity index is 2.54. The molecule has 1 heterocycles. The van der Waals surface area contributed by atoms with Gasteiger partial charge in [-0.15, -0.1) is 0 Å². The van der Waals surface area contributed by atoms with E-state index in [1.165, 1.54) is 0 Å². The van der Waals surface area contributed by atoms with Crippen LogP contribution in [0.5, 0.6) is 0 Å². The van der Waals surface area contributed by atoms with E-state index in [-0.39, 0.29) is 71.1 Å². The number of alkyl halides is 5. The fourth-order valence-electron chi connectivity index (χ4n) is 6.97. The van der Waals surface area contributed by atoms with Crippen LogP contribution >= 0.6 is 0 Å². The summed E-state index contributed by atoms with van der Waals surface area (Å²) in [7, 11) is 0. The highest BCUT2D eigenvalue weighted by Crippen LogP contribution is 2.39. The number of hydrogen-bond acceptors (Lipinski definition) is 12. The van der Waals surface area contributed by atoms with Gasteiger partial charge in [-0.25, -0.2) is 4.79 Å². The van der Waals surface area contributed by atoms with E-state index in [0.29, 0.717) is 58.2 Å². The average Bonchev–Trinajstić information content (AvgIpc) is 3.29. The van der Waals surface area contributed by atoms with Crippen molar-refractivity contribution in [3.8, 4) is 0 Å². The molecular weight excluding hydrogens is 874 g/mol. The number of hydrogen-bond donors (Lipinski definition) is 0. The zero-order valence-electron chi connectivity index (χ0n) is 40.2. The molecule has 0 N–H and O–H groups in total. The zero-order chi connectivity index (χ0) is 48.7. The van der Waals surface area contributed by atoms with Crippen LogP contribution < -0.4 is 0 Å². The minimum absolute atomic E-state index is 0.0369. The Labute approximate surface area is 391 Å². The van der Waals surface area contributed by atoms with Crippen LogP contribution in [0.25, 0.3) is 0 Å². The number of likely N-dealkylation sites (tertiary alicyclic amines) is 1. The van der Waals surface area contributed by atoms with Gasteiger partial charge < -0.3 is 38.1 Å². The highest BCUT2D eigenvalue weighted by atomic mass is 19.4. The Bertz CT molecular complexity index is 1310. The standard InChI is InChI=1S/C49H82F5NO11/c1-4-7-9-11-16-23-34-61-46(62-35-24-17-12-10-8-5-2)30-29-45(58)64-39-42(40-66-47(59)65-37-41-26-25-32-55(6-3)36-41)38-63-44(57)28-20-14-13-19-27-43(56)60-33-22-18-15-21-31-48(50,51)49(52,53)54/h7-10,41-42,46H,4-6,11-40H2,1-3H3/b9-7-,10-8-. The second-order valence-corrected chi connectivity index (χ2v) is 17.0. The first kappa shape index (κ1) is 60.7. The van der Waals surface area contributed by atoms with E-state index in [2.05, 4.69) is 50.0 Å². The van der Waals surface area contributed by atoms with E-state index >= 15 is 0 Å². The van der Waals surface area contributed by atoms with Crippen LogP contribution in [0, 0.1) is 11.8 Å². The third kappa shape index (κ3) is 33.2. The van der Waals surface area contributed by atoms with Crippen molar-refractivity contribution in [3.63, 3.8) is 0 Å². The molecule has 0 amide bonds. The molecule has 384 valence electrons. The summed E-state index contributed by atoms with van der Waals surface area (Å²) >= 11 is 0. The van der Waals surface area contributed by atoms with Crippen molar-refractivity contribution in [1.29, 1.82) is 0 Å². The lowest BCUT2D eigenvalue weighted by molar-refractivity contribution is -0.284. The quantitative estimate of drug-likeness (QED) is 0.0144. The monoisotopic (exact) mass is 956 g/mol. The number of rotatable bonds is 40. The third-order valence-corrected chi connectivity index (χ3v) is 11.0. The summed E-state index contributed by atoms with van der Waals surface area (Å²) in [4.78, 5) is 52.5. The summed E-state index contributed by atoms with van der Waals surface area (Å²) in [6, 6.07) is 0. The van der Waals surface area contributed by atoms with Crippen LogP contribution in [-0.2, 0) is 47.5 Å². The zero-order valence-corrected chi connectivity index (χ0v) is 40.2.